The average molecular weight is 1170 g/mol. The summed E-state index contributed by atoms with van der Waals surface area (Å²) in [6.45, 7) is 6.99. The van der Waals surface area contributed by atoms with Crippen LogP contribution in [0.1, 0.15) is 59.7 Å². The van der Waals surface area contributed by atoms with Crippen molar-refractivity contribution in [3.63, 3.8) is 0 Å². The van der Waals surface area contributed by atoms with Crippen molar-refractivity contribution in [2.45, 2.75) is 39.0 Å². The first-order valence-corrected chi connectivity index (χ1v) is 30.5. The molecule has 0 unspecified atom stereocenters. The van der Waals surface area contributed by atoms with Gasteiger partial charge in [0, 0.05) is 85.9 Å². The number of nitrogens with one attached hydrogen (secondary N) is 2. The van der Waals surface area contributed by atoms with Crippen LogP contribution in [0.2, 0.25) is 0 Å². The van der Waals surface area contributed by atoms with Crippen molar-refractivity contribution in [3.05, 3.63) is 145 Å². The smallest absolute Gasteiger partial charge is 0.260 e. The van der Waals surface area contributed by atoms with E-state index in [0.717, 1.165) is 77.2 Å². The van der Waals surface area contributed by atoms with Crippen molar-refractivity contribution in [1.29, 1.82) is 0 Å². The summed E-state index contributed by atoms with van der Waals surface area (Å²) >= 11 is 0. The first-order chi connectivity index (χ1) is 41.1. The number of aromatic nitrogens is 2. The number of para-hydroxylation sites is 1. The summed E-state index contributed by atoms with van der Waals surface area (Å²) in [5.41, 5.74) is 6.82. The molecule has 0 spiro atoms. The van der Waals surface area contributed by atoms with E-state index in [1.165, 1.54) is 11.1 Å². The maximum atomic E-state index is 14.0. The third kappa shape index (κ3) is 13.7. The van der Waals surface area contributed by atoms with Crippen molar-refractivity contribution >= 4 is 67.9 Å². The van der Waals surface area contributed by atoms with E-state index >= 15 is 0 Å². The summed E-state index contributed by atoms with van der Waals surface area (Å²) in [7, 11) is 4.94. The zero-order valence-corrected chi connectivity index (χ0v) is 50.0. The number of nitrogens with zero attached hydrogens (tertiary/aromatic N) is 7. The number of sulfonamides is 1. The lowest BCUT2D eigenvalue weighted by Crippen LogP contribution is -2.46. The van der Waals surface area contributed by atoms with Gasteiger partial charge in [-0.2, -0.15) is 4.98 Å². The van der Waals surface area contributed by atoms with Crippen LogP contribution in [0.15, 0.2) is 134 Å². The van der Waals surface area contributed by atoms with Gasteiger partial charge in [-0.05, 0) is 149 Å². The summed E-state index contributed by atoms with van der Waals surface area (Å²) in [6.07, 6.45) is 6.49. The molecule has 6 aromatic carbocycles. The van der Waals surface area contributed by atoms with Gasteiger partial charge in [0.25, 0.3) is 11.8 Å². The monoisotopic (exact) mass is 1170 g/mol. The minimum atomic E-state index is -3.94. The van der Waals surface area contributed by atoms with Crippen LogP contribution in [0.4, 0.5) is 40.2 Å². The quantitative estimate of drug-likeness (QED) is 0.0644. The molecule has 1 aromatic heterocycles. The van der Waals surface area contributed by atoms with Crippen LogP contribution in [0.5, 0.6) is 28.7 Å². The molecule has 85 heavy (non-hydrogen) atoms. The Kier molecular flexibility index (Phi) is 18.4. The van der Waals surface area contributed by atoms with E-state index in [1.807, 2.05) is 117 Å². The second kappa shape index (κ2) is 26.4. The number of hydrogen-bond donors (Lipinski definition) is 2. The Morgan fingerprint density at radius 1 is 0.718 bits per heavy atom. The molecular formula is C65H73N9O10S. The fourth-order valence-corrected chi connectivity index (χ4v) is 12.0. The topological polar surface area (TPSA) is 198 Å². The molecule has 7 aromatic rings. The van der Waals surface area contributed by atoms with Gasteiger partial charge in [0.1, 0.15) is 34.4 Å². The van der Waals surface area contributed by atoms with Crippen molar-refractivity contribution in [1.82, 2.24) is 19.8 Å². The first kappa shape index (κ1) is 59.3. The number of fused-ring (bicyclic) bond motifs is 2. The molecule has 19 nitrogen and oxygen atoms in total. The standard InChI is InChI=1S/C65H73N9O10S/c1-8-82-60-39-49(22-25-55(60)68-65-66-41-57-61(69-65)74(85(7,78)79)56-16-10-9-15-53(56)64(77)71(57)4)72-34-29-45(30-35-72)63(76)73-32-27-43(28-33-73)42-84-51-23-24-52(59(40-51)83-36-12-31-70(2)3)44-17-20-48(21-18-44)67-62(75)47-19-26-58(81-6)54(38-47)46-13-11-14-50(37-46)80-5/h9-11,13-26,37-41,43,45H,8,12,27-36,42H2,1-7H3,(H,67,75)(H,66,68,69). The fraction of sp³-hybridized carbons (Fsp3) is 0.338. The SMILES string of the molecule is CCOc1cc(N2CCC(C(=O)N3CCC(COc4ccc(-c5ccc(NC(=O)c6ccc(OC)c(-c7cccc(OC)c7)c6)cc5)c(OCCCN(C)C)c4)CC3)CC2)ccc1Nc1ncc2c(n1)N(S(C)(=O)=O)c1ccccc1C(=O)N2C. The number of piperidine rings is 2. The van der Waals surface area contributed by atoms with Gasteiger partial charge in [0.15, 0.2) is 5.82 Å². The van der Waals surface area contributed by atoms with Gasteiger partial charge in [-0.25, -0.2) is 17.7 Å². The molecule has 3 amide bonds. The molecule has 2 saturated heterocycles. The van der Waals surface area contributed by atoms with Crippen LogP contribution in [-0.4, -0.2) is 140 Å². The van der Waals surface area contributed by atoms with Gasteiger partial charge >= 0.3 is 0 Å². The third-order valence-corrected chi connectivity index (χ3v) is 16.7. The second-order valence-electron chi connectivity index (χ2n) is 21.7. The summed E-state index contributed by atoms with van der Waals surface area (Å²) in [4.78, 5) is 58.0. The molecule has 0 aliphatic carbocycles. The fourth-order valence-electron chi connectivity index (χ4n) is 11.1. The lowest BCUT2D eigenvalue weighted by atomic mass is 9.92. The molecule has 0 radical (unpaired) electrons. The Bertz CT molecular complexity index is 3660. The zero-order chi connectivity index (χ0) is 59.8. The molecule has 10 rings (SSSR count). The van der Waals surface area contributed by atoms with Gasteiger partial charge in [-0.1, -0.05) is 36.4 Å². The van der Waals surface area contributed by atoms with E-state index in [1.54, 1.807) is 57.7 Å². The number of carbonyl (C=O) groups is 3. The number of benzene rings is 6. The minimum absolute atomic E-state index is 0.0375. The van der Waals surface area contributed by atoms with E-state index in [2.05, 4.69) is 30.4 Å². The molecular weight excluding hydrogens is 1100 g/mol. The maximum absolute atomic E-state index is 14.0. The molecule has 4 heterocycles. The van der Waals surface area contributed by atoms with Crippen molar-refractivity contribution in [2.24, 2.45) is 11.8 Å². The summed E-state index contributed by atoms with van der Waals surface area (Å²) in [5, 5.41) is 6.27. The second-order valence-corrected chi connectivity index (χ2v) is 23.6. The van der Waals surface area contributed by atoms with E-state index in [4.69, 9.17) is 23.7 Å². The molecule has 2 N–H and O–H groups in total. The number of hydrogen-bond acceptors (Lipinski definition) is 15. The van der Waals surface area contributed by atoms with Gasteiger partial charge in [0.2, 0.25) is 21.9 Å². The molecule has 3 aliphatic rings. The van der Waals surface area contributed by atoms with Crippen LogP contribution in [0, 0.1) is 11.8 Å². The van der Waals surface area contributed by atoms with Gasteiger partial charge in [-0.3, -0.25) is 14.4 Å². The highest BCUT2D eigenvalue weighted by atomic mass is 32.2. The summed E-state index contributed by atoms with van der Waals surface area (Å²) < 4.78 is 57.8. The van der Waals surface area contributed by atoms with Crippen LogP contribution in [-0.2, 0) is 14.8 Å². The van der Waals surface area contributed by atoms with Gasteiger partial charge < -0.3 is 53.9 Å². The Balaban J connectivity index is 0.725. The minimum Gasteiger partial charge on any atom is -0.497 e. The normalized spacial score (nSPS) is 14.8. The molecule has 444 valence electrons. The van der Waals surface area contributed by atoms with E-state index in [-0.39, 0.29) is 58.3 Å². The predicted molar refractivity (Wildman–Crippen MR) is 332 cm³/mol. The van der Waals surface area contributed by atoms with Crippen molar-refractivity contribution < 1.29 is 46.5 Å². The average Bonchev–Trinajstić information content (AvgIpc) is 2.00. The Labute approximate surface area is 497 Å². The number of carbonyl (C=O) groups excluding carboxylic acids is 3. The number of anilines is 7. The lowest BCUT2D eigenvalue weighted by Gasteiger charge is -2.38. The lowest BCUT2D eigenvalue weighted by molar-refractivity contribution is -0.137. The molecule has 2 fully saturated rings. The molecule has 0 atom stereocenters. The van der Waals surface area contributed by atoms with Gasteiger partial charge in [0.05, 0.1) is 63.4 Å². The maximum Gasteiger partial charge on any atom is 0.260 e. The highest BCUT2D eigenvalue weighted by Gasteiger charge is 2.36. The number of ether oxygens (including phenoxy) is 5. The van der Waals surface area contributed by atoms with E-state index in [0.29, 0.717) is 91.7 Å². The molecule has 20 heteroatoms. The molecule has 0 bridgehead atoms. The zero-order valence-electron chi connectivity index (χ0n) is 49.2. The number of amides is 3. The number of rotatable bonds is 21. The van der Waals surface area contributed by atoms with Crippen LogP contribution < -0.4 is 48.4 Å². The molecule has 3 aliphatic heterocycles. The summed E-state index contributed by atoms with van der Waals surface area (Å²) in [5.74, 6) is 3.29. The number of methoxy groups -OCH3 is 2. The van der Waals surface area contributed by atoms with E-state index < -0.39 is 10.0 Å². The third-order valence-electron chi connectivity index (χ3n) is 15.7. The van der Waals surface area contributed by atoms with Crippen LogP contribution >= 0.6 is 0 Å². The first-order valence-electron chi connectivity index (χ1n) is 28.7. The van der Waals surface area contributed by atoms with Crippen molar-refractivity contribution in [3.8, 4) is 51.0 Å². The highest BCUT2D eigenvalue weighted by Crippen LogP contribution is 2.43. The van der Waals surface area contributed by atoms with E-state index in [9.17, 15) is 22.8 Å². The Morgan fingerprint density at radius 2 is 1.49 bits per heavy atom. The van der Waals surface area contributed by atoms with Gasteiger partial charge in [-0.15, -0.1) is 0 Å². The molecule has 0 saturated carbocycles. The van der Waals surface area contributed by atoms with Crippen LogP contribution in [0.25, 0.3) is 22.3 Å². The largest absolute Gasteiger partial charge is 0.497 e. The Hall–Kier alpha value is -8.88. The highest BCUT2D eigenvalue weighted by molar-refractivity contribution is 7.92. The van der Waals surface area contributed by atoms with Crippen LogP contribution in [0.3, 0.4) is 0 Å². The Morgan fingerprint density at radius 3 is 2.22 bits per heavy atom. The summed E-state index contributed by atoms with van der Waals surface area (Å²) in [6, 6.07) is 39.0. The predicted octanol–water partition coefficient (Wildman–Crippen LogP) is 10.8. The number of likely N-dealkylation sites (tertiary alicyclic amines) is 1. The van der Waals surface area contributed by atoms with Crippen molar-refractivity contribution in [2.75, 3.05) is 119 Å².